The van der Waals surface area contributed by atoms with Crippen molar-refractivity contribution in [3.8, 4) is 17.2 Å². The minimum atomic E-state index is -0.480. The van der Waals surface area contributed by atoms with Gasteiger partial charge in [-0.2, -0.15) is 0 Å². The van der Waals surface area contributed by atoms with E-state index in [4.69, 9.17) is 14.2 Å². The summed E-state index contributed by atoms with van der Waals surface area (Å²) in [5.41, 5.74) is 1.50. The van der Waals surface area contributed by atoms with Gasteiger partial charge in [0.1, 0.15) is 0 Å². The zero-order valence-electron chi connectivity index (χ0n) is 17.6. The van der Waals surface area contributed by atoms with E-state index in [9.17, 15) is 9.18 Å². The van der Waals surface area contributed by atoms with Crippen LogP contribution in [0.5, 0.6) is 17.2 Å². The molecule has 1 unspecified atom stereocenters. The van der Waals surface area contributed by atoms with E-state index in [0.29, 0.717) is 30.3 Å². The van der Waals surface area contributed by atoms with Gasteiger partial charge in [-0.3, -0.25) is 4.79 Å². The molecule has 0 fully saturated rings. The number of benzene rings is 2. The largest absolute Gasteiger partial charge is 0.494 e. The molecule has 0 aliphatic rings. The quantitative estimate of drug-likeness (QED) is 0.584. The summed E-state index contributed by atoms with van der Waals surface area (Å²) in [4.78, 5) is 12.4. The van der Waals surface area contributed by atoms with Crippen LogP contribution in [0.4, 0.5) is 4.39 Å². The molecule has 6 heteroatoms. The number of carbonyl (C=O) groups excluding carboxylic acids is 1. The molecule has 0 aromatic heterocycles. The topological polar surface area (TPSA) is 56.8 Å². The summed E-state index contributed by atoms with van der Waals surface area (Å²) in [7, 11) is 1.41. The van der Waals surface area contributed by atoms with E-state index in [0.717, 1.165) is 18.4 Å². The molecular formula is C23H30FNO4. The molecule has 0 radical (unpaired) electrons. The molecule has 2 aromatic rings. The second kappa shape index (κ2) is 11.3. The van der Waals surface area contributed by atoms with Crippen molar-refractivity contribution in [1.82, 2.24) is 5.32 Å². The lowest BCUT2D eigenvalue weighted by molar-refractivity contribution is -0.121. The summed E-state index contributed by atoms with van der Waals surface area (Å²) in [6.45, 7) is 7.20. The molecule has 1 N–H and O–H groups in total. The first-order chi connectivity index (χ1) is 14.0. The van der Waals surface area contributed by atoms with Crippen molar-refractivity contribution in [2.45, 2.75) is 46.1 Å². The Morgan fingerprint density at radius 2 is 1.66 bits per heavy atom. The normalized spacial score (nSPS) is 11.6. The monoisotopic (exact) mass is 403 g/mol. The van der Waals surface area contributed by atoms with Crippen LogP contribution in [0.2, 0.25) is 0 Å². The van der Waals surface area contributed by atoms with Crippen molar-refractivity contribution in [3.05, 3.63) is 53.3 Å². The third kappa shape index (κ3) is 6.66. The van der Waals surface area contributed by atoms with E-state index in [-0.39, 0.29) is 24.1 Å². The van der Waals surface area contributed by atoms with E-state index in [2.05, 4.69) is 5.32 Å². The number of nitrogens with one attached hydrogen (secondary N) is 1. The van der Waals surface area contributed by atoms with Gasteiger partial charge in [0.25, 0.3) is 0 Å². The molecule has 0 saturated carbocycles. The Hall–Kier alpha value is -2.76. The summed E-state index contributed by atoms with van der Waals surface area (Å²) in [6.07, 6.45) is 1.89. The molecular weight excluding hydrogens is 373 g/mol. The molecule has 0 aliphatic heterocycles. The van der Waals surface area contributed by atoms with Crippen LogP contribution in [0.15, 0.2) is 36.4 Å². The number of carbonyl (C=O) groups is 1. The summed E-state index contributed by atoms with van der Waals surface area (Å²) in [6, 6.07) is 9.99. The molecule has 158 valence electrons. The average molecular weight is 403 g/mol. The van der Waals surface area contributed by atoms with Crippen molar-refractivity contribution in [2.24, 2.45) is 0 Å². The minimum absolute atomic E-state index is 0.0855. The van der Waals surface area contributed by atoms with Crippen LogP contribution in [-0.4, -0.2) is 26.2 Å². The van der Waals surface area contributed by atoms with Gasteiger partial charge in [-0.25, -0.2) is 4.39 Å². The first kappa shape index (κ1) is 22.5. The van der Waals surface area contributed by atoms with Crippen molar-refractivity contribution in [2.75, 3.05) is 20.3 Å². The van der Waals surface area contributed by atoms with Gasteiger partial charge in [-0.15, -0.1) is 0 Å². The molecule has 2 aromatic carbocycles. The summed E-state index contributed by atoms with van der Waals surface area (Å²) in [5, 5.41) is 2.95. The molecule has 2 rings (SSSR count). The molecule has 0 heterocycles. The molecule has 29 heavy (non-hydrogen) atoms. The lowest BCUT2D eigenvalue weighted by Crippen LogP contribution is -2.28. The Bertz CT molecular complexity index is 809. The average Bonchev–Trinajstić information content (AvgIpc) is 2.71. The number of rotatable bonds is 11. The highest BCUT2D eigenvalue weighted by molar-refractivity contribution is 5.79. The number of ether oxygens (including phenoxy) is 3. The van der Waals surface area contributed by atoms with Gasteiger partial charge in [0.15, 0.2) is 23.1 Å². The molecule has 5 nitrogen and oxygen atoms in total. The third-order valence-corrected chi connectivity index (χ3v) is 4.35. The second-order valence-electron chi connectivity index (χ2n) is 6.84. The highest BCUT2D eigenvalue weighted by atomic mass is 19.1. The maximum Gasteiger partial charge on any atom is 0.224 e. The maximum atomic E-state index is 13.8. The summed E-state index contributed by atoms with van der Waals surface area (Å²) >= 11 is 0. The Kier molecular flexibility index (Phi) is 8.77. The first-order valence-corrected chi connectivity index (χ1v) is 9.99. The highest BCUT2D eigenvalue weighted by Crippen LogP contribution is 2.31. The standard InChI is InChI=1S/C23H30FNO4/c1-5-11-28-21-10-8-18(15-22(21)29-12-6-2)16(3)25-23(26)14-17-7-9-20(27-4)19(24)13-17/h7-10,13,15-16H,5-6,11-12,14H2,1-4H3,(H,25,26). The maximum absolute atomic E-state index is 13.8. The van der Waals surface area contributed by atoms with E-state index in [1.807, 2.05) is 39.0 Å². The highest BCUT2D eigenvalue weighted by Gasteiger charge is 2.15. The second-order valence-corrected chi connectivity index (χ2v) is 6.84. The third-order valence-electron chi connectivity index (χ3n) is 4.35. The Labute approximate surface area is 172 Å². The number of hydrogen-bond donors (Lipinski definition) is 1. The van der Waals surface area contributed by atoms with Gasteiger partial charge in [0.2, 0.25) is 5.91 Å². The summed E-state index contributed by atoms with van der Waals surface area (Å²) in [5.74, 6) is 0.871. The van der Waals surface area contributed by atoms with E-state index < -0.39 is 5.82 Å². The lowest BCUT2D eigenvalue weighted by Gasteiger charge is -2.18. The zero-order valence-corrected chi connectivity index (χ0v) is 17.6. The van der Waals surface area contributed by atoms with Crippen LogP contribution in [0.1, 0.15) is 50.8 Å². The zero-order chi connectivity index (χ0) is 21.2. The first-order valence-electron chi connectivity index (χ1n) is 9.99. The van der Waals surface area contributed by atoms with E-state index in [1.165, 1.54) is 19.2 Å². The van der Waals surface area contributed by atoms with E-state index in [1.54, 1.807) is 6.07 Å². The van der Waals surface area contributed by atoms with Crippen LogP contribution in [0.25, 0.3) is 0 Å². The van der Waals surface area contributed by atoms with Crippen LogP contribution in [0, 0.1) is 5.82 Å². The Morgan fingerprint density at radius 1 is 1.00 bits per heavy atom. The van der Waals surface area contributed by atoms with Gasteiger partial charge in [-0.05, 0) is 55.2 Å². The van der Waals surface area contributed by atoms with Gasteiger partial charge >= 0.3 is 0 Å². The van der Waals surface area contributed by atoms with E-state index >= 15 is 0 Å². The number of amides is 1. The lowest BCUT2D eigenvalue weighted by atomic mass is 10.1. The SMILES string of the molecule is CCCOc1ccc(C(C)NC(=O)Cc2ccc(OC)c(F)c2)cc1OCCC. The molecule has 0 saturated heterocycles. The molecule has 1 atom stereocenters. The predicted molar refractivity (Wildman–Crippen MR) is 111 cm³/mol. The predicted octanol–water partition coefficient (Wildman–Crippen LogP) is 4.83. The summed E-state index contributed by atoms with van der Waals surface area (Å²) < 4.78 is 30.3. The van der Waals surface area contributed by atoms with Gasteiger partial charge < -0.3 is 19.5 Å². The minimum Gasteiger partial charge on any atom is -0.494 e. The number of halogens is 1. The fourth-order valence-electron chi connectivity index (χ4n) is 2.83. The molecule has 0 bridgehead atoms. The van der Waals surface area contributed by atoms with Crippen LogP contribution in [0.3, 0.4) is 0 Å². The van der Waals surface area contributed by atoms with Crippen LogP contribution < -0.4 is 19.5 Å². The molecule has 0 spiro atoms. The fraction of sp³-hybridized carbons (Fsp3) is 0.435. The van der Waals surface area contributed by atoms with Crippen LogP contribution >= 0.6 is 0 Å². The molecule has 0 aliphatic carbocycles. The Morgan fingerprint density at radius 3 is 2.28 bits per heavy atom. The number of hydrogen-bond acceptors (Lipinski definition) is 4. The van der Waals surface area contributed by atoms with Gasteiger partial charge in [0.05, 0.1) is 32.8 Å². The van der Waals surface area contributed by atoms with Crippen molar-refractivity contribution < 1.29 is 23.4 Å². The Balaban J connectivity index is 2.05. The fourth-order valence-corrected chi connectivity index (χ4v) is 2.83. The van der Waals surface area contributed by atoms with Crippen molar-refractivity contribution in [3.63, 3.8) is 0 Å². The smallest absolute Gasteiger partial charge is 0.224 e. The van der Waals surface area contributed by atoms with Crippen molar-refractivity contribution >= 4 is 5.91 Å². The molecule has 1 amide bonds. The van der Waals surface area contributed by atoms with Crippen LogP contribution in [-0.2, 0) is 11.2 Å². The van der Waals surface area contributed by atoms with Gasteiger partial charge in [-0.1, -0.05) is 26.0 Å². The number of methoxy groups -OCH3 is 1. The van der Waals surface area contributed by atoms with Crippen molar-refractivity contribution in [1.29, 1.82) is 0 Å². The van der Waals surface area contributed by atoms with Gasteiger partial charge in [0, 0.05) is 0 Å².